The lowest BCUT2D eigenvalue weighted by Crippen LogP contribution is -2.09. The van der Waals surface area contributed by atoms with E-state index in [1.54, 1.807) is 25.3 Å². The minimum Gasteiger partial charge on any atom is -0.484 e. The van der Waals surface area contributed by atoms with E-state index in [0.29, 0.717) is 11.6 Å². The molecule has 0 spiro atoms. The molecule has 0 fully saturated rings. The van der Waals surface area contributed by atoms with Gasteiger partial charge in [-0.3, -0.25) is 0 Å². The van der Waals surface area contributed by atoms with Gasteiger partial charge in [-0.2, -0.15) is 0 Å². The number of carboxylic acid groups (broad SMARTS) is 1. The molecule has 1 aromatic heterocycles. The van der Waals surface area contributed by atoms with Gasteiger partial charge in [-0.1, -0.05) is 20.8 Å². The lowest BCUT2D eigenvalue weighted by atomic mass is 9.94. The SMILES string of the molecule is Cc1cc(C(=O)O)ccc1OCc1ncc(C(C)(C)C)o1. The third-order valence-electron chi connectivity index (χ3n) is 3.07. The van der Waals surface area contributed by atoms with Crippen molar-refractivity contribution in [2.75, 3.05) is 0 Å². The molecule has 21 heavy (non-hydrogen) atoms. The highest BCUT2D eigenvalue weighted by molar-refractivity contribution is 5.88. The molecule has 0 radical (unpaired) electrons. The van der Waals surface area contributed by atoms with Crippen molar-refractivity contribution in [3.05, 3.63) is 47.2 Å². The first-order valence-electron chi connectivity index (χ1n) is 6.69. The summed E-state index contributed by atoms with van der Waals surface area (Å²) < 4.78 is 11.3. The molecular weight excluding hydrogens is 270 g/mol. The first-order valence-corrected chi connectivity index (χ1v) is 6.69. The van der Waals surface area contributed by atoms with Gasteiger partial charge in [0.25, 0.3) is 0 Å². The Morgan fingerprint density at radius 3 is 2.62 bits per heavy atom. The summed E-state index contributed by atoms with van der Waals surface area (Å²) >= 11 is 0. The molecule has 2 aromatic rings. The van der Waals surface area contributed by atoms with E-state index in [-0.39, 0.29) is 17.6 Å². The van der Waals surface area contributed by atoms with Crippen molar-refractivity contribution in [2.45, 2.75) is 39.7 Å². The topological polar surface area (TPSA) is 72.6 Å². The van der Waals surface area contributed by atoms with Crippen LogP contribution >= 0.6 is 0 Å². The Morgan fingerprint density at radius 2 is 2.10 bits per heavy atom. The average Bonchev–Trinajstić information content (AvgIpc) is 2.85. The highest BCUT2D eigenvalue weighted by Crippen LogP contribution is 2.24. The Labute approximate surface area is 123 Å². The van der Waals surface area contributed by atoms with Crippen LogP contribution in [0.1, 0.15) is 48.3 Å². The zero-order valence-electron chi connectivity index (χ0n) is 12.6. The maximum Gasteiger partial charge on any atom is 0.335 e. The van der Waals surface area contributed by atoms with Crippen LogP contribution in [-0.2, 0) is 12.0 Å². The van der Waals surface area contributed by atoms with Gasteiger partial charge in [-0.15, -0.1) is 0 Å². The van der Waals surface area contributed by atoms with E-state index < -0.39 is 5.97 Å². The number of benzene rings is 1. The van der Waals surface area contributed by atoms with Gasteiger partial charge in [0.2, 0.25) is 5.89 Å². The Bertz CT molecular complexity index is 653. The number of hydrogen-bond acceptors (Lipinski definition) is 4. The van der Waals surface area contributed by atoms with Crippen molar-refractivity contribution in [3.63, 3.8) is 0 Å². The molecule has 5 heteroatoms. The number of oxazole rings is 1. The Balaban J connectivity index is 2.06. The molecule has 1 heterocycles. The average molecular weight is 289 g/mol. The summed E-state index contributed by atoms with van der Waals surface area (Å²) in [6.45, 7) is 8.16. The van der Waals surface area contributed by atoms with Crippen LogP contribution in [-0.4, -0.2) is 16.1 Å². The third-order valence-corrected chi connectivity index (χ3v) is 3.07. The van der Waals surface area contributed by atoms with Crippen molar-refractivity contribution in [2.24, 2.45) is 0 Å². The van der Waals surface area contributed by atoms with Crippen LogP contribution in [0.5, 0.6) is 5.75 Å². The summed E-state index contributed by atoms with van der Waals surface area (Å²) in [5, 5.41) is 8.92. The minimum atomic E-state index is -0.952. The van der Waals surface area contributed by atoms with Gasteiger partial charge in [-0.25, -0.2) is 9.78 Å². The number of ether oxygens (including phenoxy) is 1. The van der Waals surface area contributed by atoms with E-state index in [0.717, 1.165) is 11.3 Å². The zero-order valence-corrected chi connectivity index (χ0v) is 12.6. The molecule has 0 saturated heterocycles. The Kier molecular flexibility index (Phi) is 4.02. The first kappa shape index (κ1) is 15.1. The van der Waals surface area contributed by atoms with Crippen LogP contribution in [0.4, 0.5) is 0 Å². The Hall–Kier alpha value is -2.30. The highest BCUT2D eigenvalue weighted by Gasteiger charge is 2.19. The molecule has 112 valence electrons. The van der Waals surface area contributed by atoms with Gasteiger partial charge >= 0.3 is 5.97 Å². The molecule has 1 N–H and O–H groups in total. The molecule has 0 aliphatic heterocycles. The maximum absolute atomic E-state index is 10.9. The zero-order chi connectivity index (χ0) is 15.6. The normalized spacial score (nSPS) is 11.4. The summed E-state index contributed by atoms with van der Waals surface area (Å²) in [6.07, 6.45) is 1.71. The van der Waals surface area contributed by atoms with Crippen LogP contribution in [0.2, 0.25) is 0 Å². The second-order valence-electron chi connectivity index (χ2n) is 5.94. The fourth-order valence-corrected chi connectivity index (χ4v) is 1.81. The number of nitrogens with zero attached hydrogens (tertiary/aromatic N) is 1. The van der Waals surface area contributed by atoms with Gasteiger partial charge < -0.3 is 14.3 Å². The predicted molar refractivity (Wildman–Crippen MR) is 77.7 cm³/mol. The number of rotatable bonds is 4. The third kappa shape index (κ3) is 3.62. The largest absolute Gasteiger partial charge is 0.484 e. The summed E-state index contributed by atoms with van der Waals surface area (Å²) in [5.41, 5.74) is 0.910. The summed E-state index contributed by atoms with van der Waals surface area (Å²) in [7, 11) is 0. The summed E-state index contributed by atoms with van der Waals surface area (Å²) in [6, 6.07) is 4.74. The molecule has 0 amide bonds. The first-order chi connectivity index (χ1) is 9.77. The molecular formula is C16H19NO4. The van der Waals surface area contributed by atoms with Crippen molar-refractivity contribution in [3.8, 4) is 5.75 Å². The quantitative estimate of drug-likeness (QED) is 0.931. The van der Waals surface area contributed by atoms with Gasteiger partial charge in [0, 0.05) is 5.41 Å². The number of hydrogen-bond donors (Lipinski definition) is 1. The van der Waals surface area contributed by atoms with Gasteiger partial charge in [0.15, 0.2) is 6.61 Å². The highest BCUT2D eigenvalue weighted by atomic mass is 16.5. The van der Waals surface area contributed by atoms with Gasteiger partial charge in [0.1, 0.15) is 11.5 Å². The van der Waals surface area contributed by atoms with E-state index in [1.165, 1.54) is 6.07 Å². The molecule has 0 saturated carbocycles. The second-order valence-corrected chi connectivity index (χ2v) is 5.94. The fourth-order valence-electron chi connectivity index (χ4n) is 1.81. The molecule has 1 aromatic carbocycles. The second kappa shape index (κ2) is 5.60. The van der Waals surface area contributed by atoms with Crippen molar-refractivity contribution < 1.29 is 19.1 Å². The van der Waals surface area contributed by atoms with E-state index in [2.05, 4.69) is 4.98 Å². The lowest BCUT2D eigenvalue weighted by molar-refractivity contribution is 0.0696. The smallest absolute Gasteiger partial charge is 0.335 e. The summed E-state index contributed by atoms with van der Waals surface area (Å²) in [5.74, 6) is 0.975. The van der Waals surface area contributed by atoms with E-state index in [9.17, 15) is 4.79 Å². The molecule has 5 nitrogen and oxygen atoms in total. The van der Waals surface area contributed by atoms with Crippen LogP contribution in [0.3, 0.4) is 0 Å². The molecule has 0 atom stereocenters. The van der Waals surface area contributed by atoms with E-state index in [1.807, 2.05) is 20.8 Å². The lowest BCUT2D eigenvalue weighted by Gasteiger charge is -2.13. The van der Waals surface area contributed by atoms with Crippen LogP contribution in [0.15, 0.2) is 28.8 Å². The van der Waals surface area contributed by atoms with Gasteiger partial charge in [-0.05, 0) is 30.7 Å². The number of carboxylic acids is 1. The standard InChI is InChI=1S/C16H19NO4/c1-10-7-11(15(18)19)5-6-12(10)20-9-14-17-8-13(21-14)16(2,3)4/h5-8H,9H2,1-4H3,(H,18,19). The molecule has 0 unspecified atom stereocenters. The molecule has 0 aliphatic rings. The molecule has 0 aliphatic carbocycles. The van der Waals surface area contributed by atoms with E-state index >= 15 is 0 Å². The summed E-state index contributed by atoms with van der Waals surface area (Å²) in [4.78, 5) is 15.1. The number of aromatic carboxylic acids is 1. The van der Waals surface area contributed by atoms with Crippen LogP contribution in [0, 0.1) is 6.92 Å². The molecule has 0 bridgehead atoms. The monoisotopic (exact) mass is 289 g/mol. The van der Waals surface area contributed by atoms with Crippen molar-refractivity contribution in [1.29, 1.82) is 0 Å². The van der Waals surface area contributed by atoms with E-state index in [4.69, 9.17) is 14.3 Å². The van der Waals surface area contributed by atoms with Crippen molar-refractivity contribution >= 4 is 5.97 Å². The van der Waals surface area contributed by atoms with Gasteiger partial charge in [0.05, 0.1) is 11.8 Å². The number of aryl methyl sites for hydroxylation is 1. The minimum absolute atomic E-state index is 0.0930. The Morgan fingerprint density at radius 1 is 1.38 bits per heavy atom. The predicted octanol–water partition coefficient (Wildman–Crippen LogP) is 3.56. The maximum atomic E-state index is 10.9. The fraction of sp³-hybridized carbons (Fsp3) is 0.375. The number of aromatic nitrogens is 1. The van der Waals surface area contributed by atoms with Crippen LogP contribution < -0.4 is 4.74 Å². The van der Waals surface area contributed by atoms with Crippen molar-refractivity contribution in [1.82, 2.24) is 4.98 Å². The number of carbonyl (C=O) groups is 1. The van der Waals surface area contributed by atoms with Crippen LogP contribution in [0.25, 0.3) is 0 Å². The molecule has 2 rings (SSSR count).